The molecule has 0 bridgehead atoms. The summed E-state index contributed by atoms with van der Waals surface area (Å²) >= 11 is 0. The van der Waals surface area contributed by atoms with Crippen LogP contribution >= 0.6 is 0 Å². The predicted octanol–water partition coefficient (Wildman–Crippen LogP) is 2.73. The number of rotatable bonds is 9. The smallest absolute Gasteiger partial charge is 0.410 e. The number of nitro benzene ring substituents is 1. The van der Waals surface area contributed by atoms with E-state index >= 15 is 0 Å². The number of ether oxygens (including phenoxy) is 2. The number of carbonyl (C=O) groups excluding carboxylic acids is 2. The second-order valence-electron chi connectivity index (χ2n) is 6.76. The van der Waals surface area contributed by atoms with Gasteiger partial charge < -0.3 is 14.4 Å². The highest BCUT2D eigenvalue weighted by atomic mass is 16.6. The molecule has 0 unspecified atom stereocenters. The van der Waals surface area contributed by atoms with Gasteiger partial charge in [-0.3, -0.25) is 19.8 Å². The zero-order valence-electron chi connectivity index (χ0n) is 16.3. The first-order chi connectivity index (χ1) is 13.5. The monoisotopic (exact) mass is 393 g/mol. The Morgan fingerprint density at radius 1 is 1.36 bits per heavy atom. The summed E-state index contributed by atoms with van der Waals surface area (Å²) in [5, 5.41) is 10.8. The third-order valence-corrected chi connectivity index (χ3v) is 4.67. The number of nitro groups is 1. The van der Waals surface area contributed by atoms with Crippen molar-refractivity contribution >= 4 is 18.1 Å². The maximum absolute atomic E-state index is 12.1. The number of benzene rings is 1. The van der Waals surface area contributed by atoms with Gasteiger partial charge in [0.25, 0.3) is 5.69 Å². The minimum atomic E-state index is -0.551. The van der Waals surface area contributed by atoms with E-state index in [2.05, 4.69) is 4.90 Å². The Labute approximate surface area is 164 Å². The van der Waals surface area contributed by atoms with Crippen LogP contribution in [0.25, 0.3) is 0 Å². The Kier molecular flexibility index (Phi) is 8.19. The molecule has 154 valence electrons. The maximum atomic E-state index is 12.1. The van der Waals surface area contributed by atoms with E-state index < -0.39 is 4.92 Å². The zero-order valence-corrected chi connectivity index (χ0v) is 16.3. The van der Waals surface area contributed by atoms with Crippen molar-refractivity contribution in [2.45, 2.75) is 32.7 Å². The SMILES string of the molecule is CCCCOC(=O)N1CCN(CCOc2ccc([N+](=O)[O-])cc2C=O)C[C@@H]1C. The molecule has 1 saturated heterocycles. The van der Waals surface area contributed by atoms with E-state index in [1.54, 1.807) is 4.90 Å². The van der Waals surface area contributed by atoms with E-state index in [4.69, 9.17) is 9.47 Å². The molecule has 0 radical (unpaired) electrons. The third-order valence-electron chi connectivity index (χ3n) is 4.67. The highest BCUT2D eigenvalue weighted by Gasteiger charge is 2.28. The largest absolute Gasteiger partial charge is 0.491 e. The summed E-state index contributed by atoms with van der Waals surface area (Å²) < 4.78 is 10.9. The van der Waals surface area contributed by atoms with Crippen LogP contribution in [0, 0.1) is 10.1 Å². The van der Waals surface area contributed by atoms with Crippen LogP contribution in [-0.4, -0.2) is 72.5 Å². The molecule has 0 aliphatic carbocycles. The lowest BCUT2D eigenvalue weighted by atomic mass is 10.2. The van der Waals surface area contributed by atoms with Crippen molar-refractivity contribution in [2.24, 2.45) is 0 Å². The average molecular weight is 393 g/mol. The van der Waals surface area contributed by atoms with Crippen molar-refractivity contribution in [1.82, 2.24) is 9.80 Å². The lowest BCUT2D eigenvalue weighted by Gasteiger charge is -2.39. The van der Waals surface area contributed by atoms with E-state index in [0.717, 1.165) is 12.8 Å². The number of piperazine rings is 1. The molecule has 9 nitrogen and oxygen atoms in total. The molecule has 0 saturated carbocycles. The van der Waals surface area contributed by atoms with Gasteiger partial charge in [0, 0.05) is 44.4 Å². The standard InChI is InChI=1S/C19H27N3O6/c1-3-4-10-28-19(24)21-8-7-20(13-15(21)2)9-11-27-18-6-5-17(22(25)26)12-16(18)14-23/h5-6,12,14-15H,3-4,7-11,13H2,1-2H3/t15-/m0/s1. The zero-order chi connectivity index (χ0) is 20.5. The highest BCUT2D eigenvalue weighted by molar-refractivity contribution is 5.80. The molecule has 0 aromatic heterocycles. The summed E-state index contributed by atoms with van der Waals surface area (Å²) in [6.45, 7) is 7.43. The minimum absolute atomic E-state index is 0.0350. The summed E-state index contributed by atoms with van der Waals surface area (Å²) in [5.74, 6) is 0.326. The number of hydrogen-bond acceptors (Lipinski definition) is 7. The first kappa shape index (κ1) is 21.6. The molecule has 1 aromatic carbocycles. The number of non-ortho nitro benzene ring substituents is 1. The van der Waals surface area contributed by atoms with Gasteiger partial charge in [-0.25, -0.2) is 4.79 Å². The van der Waals surface area contributed by atoms with Crippen molar-refractivity contribution in [3.05, 3.63) is 33.9 Å². The van der Waals surface area contributed by atoms with E-state index in [0.29, 0.717) is 51.4 Å². The molecule has 0 spiro atoms. The van der Waals surface area contributed by atoms with Crippen LogP contribution in [0.4, 0.5) is 10.5 Å². The molecule has 1 amide bonds. The number of carbonyl (C=O) groups is 2. The van der Waals surface area contributed by atoms with E-state index in [9.17, 15) is 19.7 Å². The number of aldehydes is 1. The first-order valence-electron chi connectivity index (χ1n) is 9.48. The van der Waals surface area contributed by atoms with Crippen molar-refractivity contribution in [2.75, 3.05) is 39.4 Å². The maximum Gasteiger partial charge on any atom is 0.410 e. The highest BCUT2D eigenvalue weighted by Crippen LogP contribution is 2.22. The van der Waals surface area contributed by atoms with Crippen molar-refractivity contribution in [3.63, 3.8) is 0 Å². The molecule has 0 N–H and O–H groups in total. The molecule has 28 heavy (non-hydrogen) atoms. The summed E-state index contributed by atoms with van der Waals surface area (Å²) in [5.41, 5.74) is 0.00688. The number of nitrogens with zero attached hydrogens (tertiary/aromatic N) is 3. The van der Waals surface area contributed by atoms with Crippen LogP contribution in [0.2, 0.25) is 0 Å². The fourth-order valence-electron chi connectivity index (χ4n) is 3.05. The van der Waals surface area contributed by atoms with Gasteiger partial charge in [-0.15, -0.1) is 0 Å². The molecule has 1 fully saturated rings. The second-order valence-corrected chi connectivity index (χ2v) is 6.76. The summed E-state index contributed by atoms with van der Waals surface area (Å²) in [4.78, 5) is 37.4. The normalized spacial score (nSPS) is 17.2. The van der Waals surface area contributed by atoms with Gasteiger partial charge in [0.05, 0.1) is 17.1 Å². The number of unbranched alkanes of at least 4 members (excludes halogenated alkanes) is 1. The Balaban J connectivity index is 1.80. The van der Waals surface area contributed by atoms with Crippen LogP contribution in [0.1, 0.15) is 37.0 Å². The fourth-order valence-corrected chi connectivity index (χ4v) is 3.05. The van der Waals surface area contributed by atoms with Crippen molar-refractivity contribution < 1.29 is 24.0 Å². The van der Waals surface area contributed by atoms with Crippen LogP contribution < -0.4 is 4.74 Å². The topological polar surface area (TPSA) is 102 Å². The van der Waals surface area contributed by atoms with E-state index in [1.165, 1.54) is 18.2 Å². The molecule has 1 atom stereocenters. The van der Waals surface area contributed by atoms with Crippen molar-refractivity contribution in [3.8, 4) is 5.75 Å². The van der Waals surface area contributed by atoms with Crippen LogP contribution in [0.15, 0.2) is 18.2 Å². The lowest BCUT2D eigenvalue weighted by molar-refractivity contribution is -0.384. The Morgan fingerprint density at radius 3 is 2.79 bits per heavy atom. The first-order valence-corrected chi connectivity index (χ1v) is 9.48. The molecule has 1 aliphatic heterocycles. The molecule has 1 aliphatic rings. The fraction of sp³-hybridized carbons (Fsp3) is 0.579. The second kappa shape index (κ2) is 10.6. The Hall–Kier alpha value is -2.68. The van der Waals surface area contributed by atoms with Crippen LogP contribution in [0.5, 0.6) is 5.75 Å². The van der Waals surface area contributed by atoms with Gasteiger partial charge in [0.2, 0.25) is 0 Å². The number of amides is 1. The minimum Gasteiger partial charge on any atom is -0.491 e. The summed E-state index contributed by atoms with van der Waals surface area (Å²) in [6.07, 6.45) is 2.13. The Morgan fingerprint density at radius 2 is 2.14 bits per heavy atom. The van der Waals surface area contributed by atoms with Gasteiger partial charge in [0.15, 0.2) is 6.29 Å². The van der Waals surface area contributed by atoms with E-state index in [1.807, 2.05) is 13.8 Å². The molecule has 1 heterocycles. The Bertz CT molecular complexity index is 696. The van der Waals surface area contributed by atoms with Gasteiger partial charge in [0.1, 0.15) is 12.4 Å². The van der Waals surface area contributed by atoms with Gasteiger partial charge >= 0.3 is 6.09 Å². The third kappa shape index (κ3) is 5.91. The predicted molar refractivity (Wildman–Crippen MR) is 103 cm³/mol. The number of hydrogen-bond donors (Lipinski definition) is 0. The molecule has 9 heteroatoms. The van der Waals surface area contributed by atoms with E-state index in [-0.39, 0.29) is 23.4 Å². The van der Waals surface area contributed by atoms with Gasteiger partial charge in [-0.1, -0.05) is 13.3 Å². The molecular weight excluding hydrogens is 366 g/mol. The molecule has 2 rings (SSSR count). The average Bonchev–Trinajstić information content (AvgIpc) is 2.68. The van der Waals surface area contributed by atoms with Crippen LogP contribution in [-0.2, 0) is 4.74 Å². The lowest BCUT2D eigenvalue weighted by Crippen LogP contribution is -2.54. The summed E-state index contributed by atoms with van der Waals surface area (Å²) in [6, 6.07) is 3.99. The van der Waals surface area contributed by atoms with Gasteiger partial charge in [-0.2, -0.15) is 0 Å². The van der Waals surface area contributed by atoms with Gasteiger partial charge in [-0.05, 0) is 19.4 Å². The van der Waals surface area contributed by atoms with Crippen LogP contribution in [0.3, 0.4) is 0 Å². The molecular formula is C19H27N3O6. The summed E-state index contributed by atoms with van der Waals surface area (Å²) in [7, 11) is 0. The molecule has 1 aromatic rings. The van der Waals surface area contributed by atoms with Crippen molar-refractivity contribution in [1.29, 1.82) is 0 Å². The quantitative estimate of drug-likeness (QED) is 0.275.